The van der Waals surface area contributed by atoms with Crippen LogP contribution in [-0.2, 0) is 6.54 Å². The van der Waals surface area contributed by atoms with E-state index in [1.807, 2.05) is 36.8 Å². The average molecular weight is 298 g/mol. The van der Waals surface area contributed by atoms with Crippen molar-refractivity contribution in [2.24, 2.45) is 0 Å². The van der Waals surface area contributed by atoms with Gasteiger partial charge in [-0.15, -0.1) is 11.3 Å². The van der Waals surface area contributed by atoms with Gasteiger partial charge in [0, 0.05) is 35.6 Å². The fraction of sp³-hybridized carbons (Fsp3) is 0.250. The summed E-state index contributed by atoms with van der Waals surface area (Å²) in [6, 6.07) is 10.3. The predicted octanol–water partition coefficient (Wildman–Crippen LogP) is 3.88. The average Bonchev–Trinajstić information content (AvgIpc) is 3.16. The predicted molar refractivity (Wildman–Crippen MR) is 87.7 cm³/mol. The molecule has 0 fully saturated rings. The maximum atomic E-state index is 4.47. The molecule has 0 amide bonds. The van der Waals surface area contributed by atoms with Gasteiger partial charge in [0.15, 0.2) is 5.13 Å². The van der Waals surface area contributed by atoms with Gasteiger partial charge in [-0.25, -0.2) is 9.97 Å². The minimum absolute atomic E-state index is 0.801. The molecule has 1 N–H and O–H groups in total. The number of thiazole rings is 1. The van der Waals surface area contributed by atoms with Crippen molar-refractivity contribution >= 4 is 16.5 Å². The summed E-state index contributed by atoms with van der Waals surface area (Å²) >= 11 is 1.70. The summed E-state index contributed by atoms with van der Waals surface area (Å²) in [5, 5.41) is 4.32. The zero-order chi connectivity index (χ0) is 14.5. The lowest BCUT2D eigenvalue weighted by Crippen LogP contribution is -1.99. The Hall–Kier alpha value is -2.14. The Morgan fingerprint density at radius 3 is 2.86 bits per heavy atom. The molecule has 1 aromatic carbocycles. The Labute approximate surface area is 128 Å². The normalized spacial score (nSPS) is 10.7. The molecule has 0 saturated carbocycles. The van der Waals surface area contributed by atoms with Crippen molar-refractivity contribution in [2.75, 3.05) is 11.9 Å². The van der Waals surface area contributed by atoms with Crippen molar-refractivity contribution in [2.45, 2.75) is 19.9 Å². The quantitative estimate of drug-likeness (QED) is 0.751. The molecule has 0 radical (unpaired) electrons. The van der Waals surface area contributed by atoms with Gasteiger partial charge in [0.2, 0.25) is 0 Å². The number of nitrogens with zero attached hydrogens (tertiary/aromatic N) is 3. The third kappa shape index (κ3) is 3.31. The highest BCUT2D eigenvalue weighted by atomic mass is 32.1. The first kappa shape index (κ1) is 13.8. The topological polar surface area (TPSA) is 42.7 Å². The Balaban J connectivity index is 1.77. The Bertz CT molecular complexity index is 687. The summed E-state index contributed by atoms with van der Waals surface area (Å²) in [5.74, 6) is 0.993. The number of hydrogen-bond donors (Lipinski definition) is 1. The lowest BCUT2D eigenvalue weighted by molar-refractivity contribution is 0.818. The Morgan fingerprint density at radius 2 is 2.05 bits per heavy atom. The van der Waals surface area contributed by atoms with Gasteiger partial charge in [0.25, 0.3) is 0 Å². The van der Waals surface area contributed by atoms with E-state index in [-0.39, 0.29) is 0 Å². The van der Waals surface area contributed by atoms with Crippen LogP contribution in [0.3, 0.4) is 0 Å². The summed E-state index contributed by atoms with van der Waals surface area (Å²) < 4.78 is 2.16. The molecule has 21 heavy (non-hydrogen) atoms. The van der Waals surface area contributed by atoms with E-state index in [4.69, 9.17) is 0 Å². The SMILES string of the molecule is CCCNc1ncc(Cn2ccnc2-c2ccccc2)s1. The van der Waals surface area contributed by atoms with E-state index < -0.39 is 0 Å². The zero-order valence-electron chi connectivity index (χ0n) is 12.0. The molecule has 2 aromatic heterocycles. The zero-order valence-corrected chi connectivity index (χ0v) is 12.8. The molecule has 108 valence electrons. The van der Waals surface area contributed by atoms with Gasteiger partial charge in [-0.2, -0.15) is 0 Å². The van der Waals surface area contributed by atoms with Crippen LogP contribution in [0, 0.1) is 0 Å². The second kappa shape index (κ2) is 6.54. The highest BCUT2D eigenvalue weighted by Crippen LogP contribution is 2.22. The molecule has 0 atom stereocenters. The fourth-order valence-electron chi connectivity index (χ4n) is 2.15. The molecule has 0 spiro atoms. The largest absolute Gasteiger partial charge is 0.362 e. The van der Waals surface area contributed by atoms with Gasteiger partial charge in [-0.1, -0.05) is 37.3 Å². The highest BCUT2D eigenvalue weighted by Gasteiger charge is 2.08. The lowest BCUT2D eigenvalue weighted by atomic mass is 10.2. The van der Waals surface area contributed by atoms with Gasteiger partial charge in [0.05, 0.1) is 6.54 Å². The number of rotatable bonds is 6. The van der Waals surface area contributed by atoms with Gasteiger partial charge in [0.1, 0.15) is 5.82 Å². The number of hydrogen-bond acceptors (Lipinski definition) is 4. The van der Waals surface area contributed by atoms with Crippen molar-refractivity contribution in [1.29, 1.82) is 0 Å². The first-order chi connectivity index (χ1) is 10.4. The summed E-state index contributed by atoms with van der Waals surface area (Å²) in [4.78, 5) is 10.1. The van der Waals surface area contributed by atoms with E-state index in [9.17, 15) is 0 Å². The molecule has 0 aliphatic heterocycles. The van der Waals surface area contributed by atoms with Crippen LogP contribution in [-0.4, -0.2) is 21.1 Å². The monoisotopic (exact) mass is 298 g/mol. The minimum Gasteiger partial charge on any atom is -0.362 e. The van der Waals surface area contributed by atoms with Crippen LogP contribution < -0.4 is 5.32 Å². The van der Waals surface area contributed by atoms with Crippen molar-refractivity contribution < 1.29 is 0 Å². The van der Waals surface area contributed by atoms with Crippen LogP contribution >= 0.6 is 11.3 Å². The number of benzene rings is 1. The summed E-state index contributed by atoms with van der Waals surface area (Å²) in [6.45, 7) is 3.92. The van der Waals surface area contributed by atoms with Crippen molar-refractivity contribution in [1.82, 2.24) is 14.5 Å². The second-order valence-electron chi connectivity index (χ2n) is 4.80. The third-order valence-corrected chi connectivity index (χ3v) is 4.09. The molecule has 0 saturated heterocycles. The number of imidazole rings is 1. The van der Waals surface area contributed by atoms with Gasteiger partial charge >= 0.3 is 0 Å². The molecule has 0 bridgehead atoms. The first-order valence-corrected chi connectivity index (χ1v) is 7.93. The molecular formula is C16H18N4S. The number of nitrogens with one attached hydrogen (secondary N) is 1. The van der Waals surface area contributed by atoms with Crippen LogP contribution in [0.15, 0.2) is 48.9 Å². The van der Waals surface area contributed by atoms with Crippen LogP contribution in [0.2, 0.25) is 0 Å². The lowest BCUT2D eigenvalue weighted by Gasteiger charge is -2.06. The molecule has 5 heteroatoms. The molecule has 0 aliphatic carbocycles. The maximum Gasteiger partial charge on any atom is 0.182 e. The molecule has 3 aromatic rings. The smallest absolute Gasteiger partial charge is 0.182 e. The Morgan fingerprint density at radius 1 is 1.19 bits per heavy atom. The summed E-state index contributed by atoms with van der Waals surface area (Å²) in [5.41, 5.74) is 1.14. The molecule has 3 rings (SSSR count). The summed E-state index contributed by atoms with van der Waals surface area (Å²) in [7, 11) is 0. The molecule has 4 nitrogen and oxygen atoms in total. The molecule has 2 heterocycles. The minimum atomic E-state index is 0.801. The van der Waals surface area contributed by atoms with Gasteiger partial charge in [-0.3, -0.25) is 0 Å². The van der Waals surface area contributed by atoms with Crippen molar-refractivity contribution in [3.05, 3.63) is 53.8 Å². The van der Waals surface area contributed by atoms with Crippen LogP contribution in [0.5, 0.6) is 0 Å². The Kier molecular flexibility index (Phi) is 4.31. The molecular weight excluding hydrogens is 280 g/mol. The first-order valence-electron chi connectivity index (χ1n) is 7.12. The van der Waals surface area contributed by atoms with E-state index in [2.05, 4.69) is 38.9 Å². The third-order valence-electron chi connectivity index (χ3n) is 3.15. The molecule has 0 unspecified atom stereocenters. The fourth-order valence-corrected chi connectivity index (χ4v) is 2.98. The van der Waals surface area contributed by atoms with Gasteiger partial charge < -0.3 is 9.88 Å². The summed E-state index contributed by atoms with van der Waals surface area (Å²) in [6.07, 6.45) is 6.91. The highest BCUT2D eigenvalue weighted by molar-refractivity contribution is 7.15. The number of anilines is 1. The van der Waals surface area contributed by atoms with E-state index >= 15 is 0 Å². The van der Waals surface area contributed by atoms with Crippen LogP contribution in [0.4, 0.5) is 5.13 Å². The van der Waals surface area contributed by atoms with Crippen LogP contribution in [0.25, 0.3) is 11.4 Å². The maximum absolute atomic E-state index is 4.47. The van der Waals surface area contributed by atoms with E-state index in [0.29, 0.717) is 0 Å². The van der Waals surface area contributed by atoms with Crippen molar-refractivity contribution in [3.8, 4) is 11.4 Å². The second-order valence-corrected chi connectivity index (χ2v) is 5.92. The van der Waals surface area contributed by atoms with E-state index in [1.165, 1.54) is 4.88 Å². The standard InChI is InChI=1S/C16H18N4S/c1-2-8-18-16-19-11-14(21-16)12-20-10-9-17-15(20)13-6-4-3-5-7-13/h3-7,9-11H,2,8,12H2,1H3,(H,18,19). The van der Waals surface area contributed by atoms with E-state index in [1.54, 1.807) is 11.3 Å². The van der Waals surface area contributed by atoms with E-state index in [0.717, 1.165) is 36.0 Å². The number of aromatic nitrogens is 3. The van der Waals surface area contributed by atoms with Crippen molar-refractivity contribution in [3.63, 3.8) is 0 Å². The molecule has 0 aliphatic rings. The van der Waals surface area contributed by atoms with Gasteiger partial charge in [-0.05, 0) is 6.42 Å². The van der Waals surface area contributed by atoms with Crippen LogP contribution in [0.1, 0.15) is 18.2 Å².